The van der Waals surface area contributed by atoms with Gasteiger partial charge in [-0.1, -0.05) is 15.9 Å². The average molecular weight is 347 g/mol. The predicted octanol–water partition coefficient (Wildman–Crippen LogP) is 2.50. The van der Waals surface area contributed by atoms with Crippen molar-refractivity contribution in [3.8, 4) is 17.7 Å². The number of rotatable bonds is 3. The summed E-state index contributed by atoms with van der Waals surface area (Å²) in [5.41, 5.74) is 6.65. The molecule has 0 spiro atoms. The number of aryl methyl sites for hydroxylation is 1. The van der Waals surface area contributed by atoms with Gasteiger partial charge in [0.15, 0.2) is 0 Å². The molecule has 2 heterocycles. The Labute approximate surface area is 129 Å². The minimum atomic E-state index is 0.0819. The van der Waals surface area contributed by atoms with E-state index in [4.69, 9.17) is 10.5 Å². The van der Waals surface area contributed by atoms with Crippen molar-refractivity contribution in [3.05, 3.63) is 47.0 Å². The van der Waals surface area contributed by atoms with Gasteiger partial charge in [-0.05, 0) is 30.7 Å². The van der Waals surface area contributed by atoms with Gasteiger partial charge < -0.3 is 10.5 Å². The van der Waals surface area contributed by atoms with Crippen LogP contribution in [0.15, 0.2) is 41.4 Å². The molecule has 0 aliphatic heterocycles. The smallest absolute Gasteiger partial charge is 0.328 e. The topological polar surface area (TPSA) is 91.7 Å². The fraction of sp³-hybridized carbons (Fsp3) is 0.0769. The van der Waals surface area contributed by atoms with E-state index in [1.807, 2.05) is 25.1 Å². The summed E-state index contributed by atoms with van der Waals surface area (Å²) in [6.07, 6.45) is 4.91. The first-order valence-corrected chi connectivity index (χ1v) is 6.85. The van der Waals surface area contributed by atoms with Crippen LogP contribution in [0.2, 0.25) is 0 Å². The van der Waals surface area contributed by atoms with Crippen LogP contribution in [0.5, 0.6) is 11.8 Å². The molecule has 2 aromatic heterocycles. The largest absolute Gasteiger partial charge is 0.424 e. The molecule has 0 aliphatic rings. The van der Waals surface area contributed by atoms with Crippen LogP contribution in [0.25, 0.3) is 5.95 Å². The van der Waals surface area contributed by atoms with E-state index in [2.05, 4.69) is 35.9 Å². The Morgan fingerprint density at radius 2 is 2.10 bits per heavy atom. The first-order chi connectivity index (χ1) is 10.1. The second-order valence-corrected chi connectivity index (χ2v) is 5.17. The third-order valence-corrected chi connectivity index (χ3v) is 3.19. The zero-order valence-electron chi connectivity index (χ0n) is 11.1. The van der Waals surface area contributed by atoms with Gasteiger partial charge in [-0.3, -0.25) is 4.57 Å². The number of hydrogen-bond donors (Lipinski definition) is 1. The second kappa shape index (κ2) is 5.49. The number of nitrogens with two attached hydrogens (primary N) is 1. The van der Waals surface area contributed by atoms with E-state index in [0.29, 0.717) is 11.7 Å². The molecule has 0 radical (unpaired) electrons. The van der Waals surface area contributed by atoms with Crippen molar-refractivity contribution >= 4 is 21.9 Å². The number of imidazole rings is 1. The zero-order valence-corrected chi connectivity index (χ0v) is 12.6. The monoisotopic (exact) mass is 346 g/mol. The van der Waals surface area contributed by atoms with Gasteiger partial charge in [0.1, 0.15) is 12.1 Å². The normalized spacial score (nSPS) is 10.6. The van der Waals surface area contributed by atoms with Crippen molar-refractivity contribution < 1.29 is 4.74 Å². The highest BCUT2D eigenvalue weighted by Gasteiger charge is 2.09. The Hall–Kier alpha value is -2.48. The van der Waals surface area contributed by atoms with Gasteiger partial charge in [-0.2, -0.15) is 15.0 Å². The summed E-state index contributed by atoms with van der Waals surface area (Å²) in [6.45, 7) is 1.93. The molecule has 3 rings (SSSR count). The Bertz CT molecular complexity index is 774. The molecule has 8 heteroatoms. The quantitative estimate of drug-likeness (QED) is 0.783. The number of benzene rings is 1. The lowest BCUT2D eigenvalue weighted by atomic mass is 10.2. The van der Waals surface area contributed by atoms with Gasteiger partial charge in [0.05, 0.1) is 0 Å². The van der Waals surface area contributed by atoms with E-state index >= 15 is 0 Å². The molecule has 1 aromatic carbocycles. The molecule has 2 N–H and O–H groups in total. The van der Waals surface area contributed by atoms with Gasteiger partial charge in [0.2, 0.25) is 11.9 Å². The molecular weight excluding hydrogens is 336 g/mol. The Kier molecular flexibility index (Phi) is 3.53. The van der Waals surface area contributed by atoms with Gasteiger partial charge >= 0.3 is 6.01 Å². The maximum absolute atomic E-state index is 5.70. The van der Waals surface area contributed by atoms with Crippen LogP contribution in [0.1, 0.15) is 5.56 Å². The number of anilines is 1. The van der Waals surface area contributed by atoms with Gasteiger partial charge in [0, 0.05) is 16.9 Å². The van der Waals surface area contributed by atoms with E-state index < -0.39 is 0 Å². The standard InChI is InChI=1S/C13H11BrN6O/c1-8-6-9(14)2-3-10(8)21-13-18-11(15)17-12(19-13)20-5-4-16-7-20/h2-7H,1H3,(H2,15,17,18,19). The predicted molar refractivity (Wildman–Crippen MR) is 80.3 cm³/mol. The van der Waals surface area contributed by atoms with Gasteiger partial charge in [-0.25, -0.2) is 4.98 Å². The highest BCUT2D eigenvalue weighted by molar-refractivity contribution is 9.10. The lowest BCUT2D eigenvalue weighted by molar-refractivity contribution is 0.436. The van der Waals surface area contributed by atoms with E-state index in [0.717, 1.165) is 10.0 Å². The maximum Gasteiger partial charge on any atom is 0.328 e. The van der Waals surface area contributed by atoms with Crippen molar-refractivity contribution in [2.75, 3.05) is 5.73 Å². The second-order valence-electron chi connectivity index (χ2n) is 4.26. The summed E-state index contributed by atoms with van der Waals surface area (Å²) in [4.78, 5) is 16.2. The summed E-state index contributed by atoms with van der Waals surface area (Å²) < 4.78 is 8.28. The van der Waals surface area contributed by atoms with Crippen molar-refractivity contribution in [1.82, 2.24) is 24.5 Å². The number of nitrogen functional groups attached to an aromatic ring is 1. The molecule has 0 saturated heterocycles. The Morgan fingerprint density at radius 3 is 2.81 bits per heavy atom. The molecule has 106 valence electrons. The number of ether oxygens (including phenoxy) is 1. The first-order valence-electron chi connectivity index (χ1n) is 6.06. The van der Waals surface area contributed by atoms with Crippen molar-refractivity contribution in [1.29, 1.82) is 0 Å². The fourth-order valence-corrected chi connectivity index (χ4v) is 2.20. The number of aromatic nitrogens is 5. The van der Waals surface area contributed by atoms with Crippen LogP contribution in [-0.4, -0.2) is 24.5 Å². The van der Waals surface area contributed by atoms with Crippen LogP contribution in [-0.2, 0) is 0 Å². The molecule has 0 saturated carbocycles. The van der Waals surface area contributed by atoms with Crippen LogP contribution >= 0.6 is 15.9 Å². The number of halogens is 1. The van der Waals surface area contributed by atoms with Crippen LogP contribution in [0, 0.1) is 6.92 Å². The third kappa shape index (κ3) is 3.00. The van der Waals surface area contributed by atoms with E-state index in [9.17, 15) is 0 Å². The summed E-state index contributed by atoms with van der Waals surface area (Å²) in [5, 5.41) is 0. The van der Waals surface area contributed by atoms with Crippen molar-refractivity contribution in [3.63, 3.8) is 0 Å². The molecule has 0 atom stereocenters. The maximum atomic E-state index is 5.70. The minimum absolute atomic E-state index is 0.0819. The minimum Gasteiger partial charge on any atom is -0.424 e. The molecule has 0 aliphatic carbocycles. The average Bonchev–Trinajstić information content (AvgIpc) is 2.95. The Morgan fingerprint density at radius 1 is 1.24 bits per heavy atom. The molecule has 0 amide bonds. The highest BCUT2D eigenvalue weighted by Crippen LogP contribution is 2.26. The highest BCUT2D eigenvalue weighted by atomic mass is 79.9. The van der Waals surface area contributed by atoms with Gasteiger partial charge in [-0.15, -0.1) is 0 Å². The molecule has 0 bridgehead atoms. The Balaban J connectivity index is 1.95. The summed E-state index contributed by atoms with van der Waals surface area (Å²) in [7, 11) is 0. The number of hydrogen-bond acceptors (Lipinski definition) is 6. The molecule has 7 nitrogen and oxygen atoms in total. The van der Waals surface area contributed by atoms with Crippen LogP contribution in [0.3, 0.4) is 0 Å². The molecule has 21 heavy (non-hydrogen) atoms. The van der Waals surface area contributed by atoms with Crippen LogP contribution < -0.4 is 10.5 Å². The summed E-state index contributed by atoms with van der Waals surface area (Å²) in [5.74, 6) is 1.09. The zero-order chi connectivity index (χ0) is 14.8. The van der Waals surface area contributed by atoms with Crippen molar-refractivity contribution in [2.24, 2.45) is 0 Å². The molecule has 3 aromatic rings. The summed E-state index contributed by atoms with van der Waals surface area (Å²) in [6, 6.07) is 5.79. The fourth-order valence-electron chi connectivity index (χ4n) is 1.73. The van der Waals surface area contributed by atoms with Crippen molar-refractivity contribution in [2.45, 2.75) is 6.92 Å². The third-order valence-electron chi connectivity index (χ3n) is 2.69. The van der Waals surface area contributed by atoms with E-state index in [-0.39, 0.29) is 12.0 Å². The summed E-state index contributed by atoms with van der Waals surface area (Å²) >= 11 is 3.40. The lowest BCUT2D eigenvalue weighted by Gasteiger charge is -2.08. The number of nitrogens with zero attached hydrogens (tertiary/aromatic N) is 5. The SMILES string of the molecule is Cc1cc(Br)ccc1Oc1nc(N)nc(-n2ccnc2)n1. The lowest BCUT2D eigenvalue weighted by Crippen LogP contribution is -2.06. The van der Waals surface area contributed by atoms with Crippen LogP contribution in [0.4, 0.5) is 5.95 Å². The van der Waals surface area contributed by atoms with Gasteiger partial charge in [0.25, 0.3) is 0 Å². The molecule has 0 unspecified atom stereocenters. The van der Waals surface area contributed by atoms with E-state index in [1.165, 1.54) is 0 Å². The first kappa shape index (κ1) is 13.5. The molecular formula is C13H11BrN6O. The van der Waals surface area contributed by atoms with E-state index in [1.54, 1.807) is 23.3 Å². The molecule has 0 fully saturated rings.